The SMILES string of the molecule is Cc1ccc(Br)nc1NC(=O)[C@@H]1C[C@@]2(CN)C[C@H]2N1C(=O)Cn1nc(C(N)=O)c2ccc(C(=O)NS(=O)(=O)C3CC3)cc21. The van der Waals surface area contributed by atoms with E-state index in [-0.39, 0.29) is 40.2 Å². The zero-order valence-electron chi connectivity index (χ0n) is 23.0. The van der Waals surface area contributed by atoms with Gasteiger partial charge in [-0.1, -0.05) is 6.07 Å². The smallest absolute Gasteiger partial charge is 0.269 e. The number of primary amides is 1. The Balaban J connectivity index is 1.29. The van der Waals surface area contributed by atoms with Crippen LogP contribution in [-0.4, -0.2) is 75.6 Å². The molecule has 0 bridgehead atoms. The van der Waals surface area contributed by atoms with Crippen molar-refractivity contribution >= 4 is 66.3 Å². The highest BCUT2D eigenvalue weighted by molar-refractivity contribution is 9.10. The number of rotatable bonds is 9. The third-order valence-electron chi connectivity index (χ3n) is 8.45. The number of nitrogens with one attached hydrogen (secondary N) is 2. The van der Waals surface area contributed by atoms with E-state index in [4.69, 9.17) is 11.5 Å². The molecule has 6 N–H and O–H groups in total. The normalized spacial score (nSPS) is 22.7. The van der Waals surface area contributed by atoms with Gasteiger partial charge in [0.15, 0.2) is 5.69 Å². The molecule has 6 rings (SSSR count). The van der Waals surface area contributed by atoms with Gasteiger partial charge < -0.3 is 21.7 Å². The molecule has 2 aliphatic carbocycles. The maximum atomic E-state index is 13.9. The maximum Gasteiger partial charge on any atom is 0.269 e. The lowest BCUT2D eigenvalue weighted by Crippen LogP contribution is -2.47. The van der Waals surface area contributed by atoms with Gasteiger partial charge in [0.05, 0.1) is 10.8 Å². The molecule has 0 unspecified atom stereocenters. The van der Waals surface area contributed by atoms with Gasteiger partial charge >= 0.3 is 0 Å². The molecule has 4 amide bonds. The molecule has 14 nitrogen and oxygen atoms in total. The van der Waals surface area contributed by atoms with Crippen molar-refractivity contribution in [3.63, 3.8) is 0 Å². The number of aryl methyl sites for hydroxylation is 1. The molecular weight excluding hydrogens is 644 g/mol. The summed E-state index contributed by atoms with van der Waals surface area (Å²) in [7, 11) is -3.80. The Morgan fingerprint density at radius 3 is 2.56 bits per heavy atom. The first-order valence-corrected chi connectivity index (χ1v) is 16.0. The average Bonchev–Trinajstić information content (AvgIpc) is 3.87. The molecule has 43 heavy (non-hydrogen) atoms. The molecule has 2 saturated carbocycles. The number of likely N-dealkylation sites (tertiary alicyclic amines) is 1. The largest absolute Gasteiger partial charge is 0.364 e. The van der Waals surface area contributed by atoms with E-state index in [1.807, 2.05) is 0 Å². The molecular formula is C27H29BrN8O6S. The number of carbonyl (C=O) groups is 4. The summed E-state index contributed by atoms with van der Waals surface area (Å²) in [6.07, 6.45) is 2.00. The van der Waals surface area contributed by atoms with Crippen LogP contribution in [-0.2, 0) is 26.2 Å². The van der Waals surface area contributed by atoms with Crippen LogP contribution in [0.2, 0.25) is 0 Å². The topological polar surface area (TPSA) is 212 Å². The lowest BCUT2D eigenvalue weighted by Gasteiger charge is -2.27. The van der Waals surface area contributed by atoms with E-state index in [0.29, 0.717) is 42.6 Å². The summed E-state index contributed by atoms with van der Waals surface area (Å²) >= 11 is 3.31. The number of hydrogen-bond donors (Lipinski definition) is 4. The second kappa shape index (κ2) is 10.4. The Hall–Kier alpha value is -3.89. The molecule has 1 aliphatic heterocycles. The number of benzene rings is 1. The van der Waals surface area contributed by atoms with E-state index in [9.17, 15) is 27.6 Å². The zero-order chi connectivity index (χ0) is 30.8. The van der Waals surface area contributed by atoms with Gasteiger partial charge in [0.25, 0.3) is 11.8 Å². The summed E-state index contributed by atoms with van der Waals surface area (Å²) in [5, 5.41) is 6.78. The van der Waals surface area contributed by atoms with Crippen LogP contribution in [0.1, 0.15) is 52.1 Å². The Morgan fingerprint density at radius 2 is 1.88 bits per heavy atom. The minimum Gasteiger partial charge on any atom is -0.364 e. The quantitative estimate of drug-likeness (QED) is 0.236. The van der Waals surface area contributed by atoms with Crippen LogP contribution in [0.4, 0.5) is 5.82 Å². The van der Waals surface area contributed by atoms with Crippen LogP contribution in [0.25, 0.3) is 10.9 Å². The van der Waals surface area contributed by atoms with Crippen molar-refractivity contribution in [3.05, 3.63) is 51.8 Å². The Morgan fingerprint density at radius 1 is 1.14 bits per heavy atom. The summed E-state index contributed by atoms with van der Waals surface area (Å²) in [5.74, 6) is -2.16. The fraction of sp³-hybridized carbons (Fsp3) is 0.407. The number of hydrogen-bond acceptors (Lipinski definition) is 9. The van der Waals surface area contributed by atoms with Gasteiger partial charge in [-0.05, 0) is 78.4 Å². The molecule has 1 aromatic carbocycles. The molecule has 0 radical (unpaired) electrons. The van der Waals surface area contributed by atoms with Crippen molar-refractivity contribution in [2.45, 2.75) is 56.5 Å². The number of pyridine rings is 1. The first-order chi connectivity index (χ1) is 20.3. The fourth-order valence-electron chi connectivity index (χ4n) is 5.82. The maximum absolute atomic E-state index is 13.9. The molecule has 2 aromatic heterocycles. The molecule has 3 aromatic rings. The molecule has 16 heteroatoms. The van der Waals surface area contributed by atoms with Crippen molar-refractivity contribution in [2.24, 2.45) is 16.9 Å². The Kier molecular flexibility index (Phi) is 7.05. The van der Waals surface area contributed by atoms with Gasteiger partial charge in [0, 0.05) is 29.0 Å². The molecule has 226 valence electrons. The minimum atomic E-state index is -3.80. The summed E-state index contributed by atoms with van der Waals surface area (Å²) < 4.78 is 28.5. The van der Waals surface area contributed by atoms with Gasteiger partial charge in [-0.3, -0.25) is 23.9 Å². The van der Waals surface area contributed by atoms with Crippen LogP contribution in [0.5, 0.6) is 0 Å². The molecule has 1 saturated heterocycles. The molecule has 3 atom stereocenters. The van der Waals surface area contributed by atoms with Crippen LogP contribution >= 0.6 is 15.9 Å². The predicted molar refractivity (Wildman–Crippen MR) is 158 cm³/mol. The number of amides is 4. The highest BCUT2D eigenvalue weighted by Gasteiger charge is 2.66. The number of sulfonamides is 1. The molecule has 3 fully saturated rings. The Labute approximate surface area is 254 Å². The highest BCUT2D eigenvalue weighted by atomic mass is 79.9. The lowest BCUT2D eigenvalue weighted by molar-refractivity contribution is -0.138. The first-order valence-electron chi connectivity index (χ1n) is 13.6. The summed E-state index contributed by atoms with van der Waals surface area (Å²) in [6.45, 7) is 1.74. The number of aromatic nitrogens is 3. The number of nitrogens with zero attached hydrogens (tertiary/aromatic N) is 4. The van der Waals surface area contributed by atoms with Crippen LogP contribution in [0.15, 0.2) is 34.9 Å². The van der Waals surface area contributed by atoms with Crippen LogP contribution in [0, 0.1) is 12.3 Å². The summed E-state index contributed by atoms with van der Waals surface area (Å²) in [4.78, 5) is 58.2. The van der Waals surface area contributed by atoms with E-state index in [0.717, 1.165) is 5.56 Å². The van der Waals surface area contributed by atoms with Crippen molar-refractivity contribution in [3.8, 4) is 0 Å². The number of anilines is 1. The monoisotopic (exact) mass is 672 g/mol. The van der Waals surface area contributed by atoms with E-state index in [1.54, 1.807) is 19.1 Å². The number of fused-ring (bicyclic) bond motifs is 2. The van der Waals surface area contributed by atoms with Gasteiger partial charge in [0.2, 0.25) is 21.8 Å². The highest BCUT2D eigenvalue weighted by Crippen LogP contribution is 2.59. The van der Waals surface area contributed by atoms with Crippen molar-refractivity contribution in [1.29, 1.82) is 0 Å². The molecule has 3 aliphatic rings. The van der Waals surface area contributed by atoms with E-state index < -0.39 is 44.9 Å². The molecule has 3 heterocycles. The van der Waals surface area contributed by atoms with Crippen molar-refractivity contribution in [2.75, 3.05) is 11.9 Å². The summed E-state index contributed by atoms with van der Waals surface area (Å²) in [5.41, 5.74) is 12.1. The fourth-order valence-corrected chi connectivity index (χ4v) is 7.43. The van der Waals surface area contributed by atoms with Crippen LogP contribution in [0.3, 0.4) is 0 Å². The van der Waals surface area contributed by atoms with Gasteiger partial charge in [-0.2, -0.15) is 5.10 Å². The van der Waals surface area contributed by atoms with E-state index in [2.05, 4.69) is 36.1 Å². The lowest BCUT2D eigenvalue weighted by atomic mass is 9.99. The second-order valence-electron chi connectivity index (χ2n) is 11.4. The van der Waals surface area contributed by atoms with Crippen molar-refractivity contribution in [1.82, 2.24) is 24.4 Å². The van der Waals surface area contributed by atoms with Gasteiger partial charge in [-0.25, -0.2) is 18.1 Å². The predicted octanol–water partition coefficient (Wildman–Crippen LogP) is 0.780. The zero-order valence-corrected chi connectivity index (χ0v) is 25.4. The number of nitrogens with two attached hydrogens (primary N) is 2. The Bertz CT molecular complexity index is 1820. The third kappa shape index (κ3) is 5.27. The third-order valence-corrected chi connectivity index (χ3v) is 10.7. The van der Waals surface area contributed by atoms with Gasteiger partial charge in [0.1, 0.15) is 23.0 Å². The second-order valence-corrected chi connectivity index (χ2v) is 14.1. The summed E-state index contributed by atoms with van der Waals surface area (Å²) in [6, 6.07) is 6.64. The molecule has 0 spiro atoms. The minimum absolute atomic E-state index is 0.000930. The standard InChI is InChI=1S/C27H29BrN8O6S/c1-13-2-7-20(28)31-24(13)32-26(40)18-9-27(12-29)10-19(27)36(18)21(37)11-35-17-8-14(3-6-16(17)22(33-35)23(30)38)25(39)34-43(41,42)15-4-5-15/h2-3,6-8,15,18-19H,4-5,9-12,29H2,1H3,(H2,30,38)(H,34,39)(H,31,32,40)/t18-,19+,27-/m0/s1. The van der Waals surface area contributed by atoms with E-state index >= 15 is 0 Å². The first kappa shape index (κ1) is 29.2. The number of piperidine rings is 1. The van der Waals surface area contributed by atoms with Crippen LogP contribution < -0.4 is 21.5 Å². The van der Waals surface area contributed by atoms with Gasteiger partial charge in [-0.15, -0.1) is 0 Å². The van der Waals surface area contributed by atoms with E-state index in [1.165, 1.54) is 27.8 Å². The number of halogens is 1. The van der Waals surface area contributed by atoms with Crippen molar-refractivity contribution < 1.29 is 27.6 Å². The number of carbonyl (C=O) groups excluding carboxylic acids is 4. The average molecular weight is 674 g/mol.